The fourth-order valence-electron chi connectivity index (χ4n) is 3.16. The normalized spacial score (nSPS) is 17.6. The number of urea groups is 1. The molecule has 0 spiro atoms. The van der Waals surface area contributed by atoms with Crippen LogP contribution in [-0.2, 0) is 4.74 Å². The lowest BCUT2D eigenvalue weighted by atomic mass is 10.2. The largest absolute Gasteiger partial charge is 0.381 e. The van der Waals surface area contributed by atoms with Gasteiger partial charge < -0.3 is 15.0 Å². The molecule has 136 valence electrons. The summed E-state index contributed by atoms with van der Waals surface area (Å²) in [6, 6.07) is 5.77. The second-order valence-electron chi connectivity index (χ2n) is 6.89. The summed E-state index contributed by atoms with van der Waals surface area (Å²) in [4.78, 5) is 14.4. The quantitative estimate of drug-likeness (QED) is 0.783. The van der Waals surface area contributed by atoms with E-state index in [1.165, 1.54) is 0 Å². The second-order valence-corrected chi connectivity index (χ2v) is 6.89. The Labute approximate surface area is 148 Å². The van der Waals surface area contributed by atoms with Crippen molar-refractivity contribution >= 4 is 11.7 Å². The van der Waals surface area contributed by atoms with Gasteiger partial charge in [-0.05, 0) is 37.3 Å². The second kappa shape index (κ2) is 8.29. The van der Waals surface area contributed by atoms with Crippen molar-refractivity contribution in [3.05, 3.63) is 30.2 Å². The van der Waals surface area contributed by atoms with E-state index in [2.05, 4.69) is 29.4 Å². The van der Waals surface area contributed by atoms with Gasteiger partial charge >= 0.3 is 6.03 Å². The van der Waals surface area contributed by atoms with Crippen LogP contribution in [0.25, 0.3) is 5.65 Å². The summed E-state index contributed by atoms with van der Waals surface area (Å²) in [5.74, 6) is 1.38. The van der Waals surface area contributed by atoms with E-state index < -0.39 is 0 Å². The van der Waals surface area contributed by atoms with Crippen LogP contribution in [0.4, 0.5) is 4.79 Å². The van der Waals surface area contributed by atoms with Crippen molar-refractivity contribution in [3.8, 4) is 0 Å². The average molecular weight is 345 g/mol. The smallest absolute Gasteiger partial charge is 0.318 e. The molecule has 3 rings (SSSR count). The number of hydrogen-bond acceptors (Lipinski definition) is 4. The van der Waals surface area contributed by atoms with Gasteiger partial charge in [0, 0.05) is 32.5 Å². The number of nitrogens with one attached hydrogen (secondary N) is 1. The highest BCUT2D eigenvalue weighted by atomic mass is 16.5. The predicted octanol–water partition coefficient (Wildman–Crippen LogP) is 2.64. The molecule has 1 fully saturated rings. The number of fused-ring (bicyclic) bond motifs is 1. The van der Waals surface area contributed by atoms with Crippen molar-refractivity contribution in [3.63, 3.8) is 0 Å². The standard InChI is InChI=1S/C18H27N5O2/c1-14(2)13-25-12-6-9-19-18(24)22-11-5-7-15(22)17-21-20-16-8-3-4-10-23(16)17/h3-4,8,10,14-15H,5-7,9,11-13H2,1-2H3,(H,19,24)/t15-/m1/s1. The number of likely N-dealkylation sites (tertiary alicyclic amines) is 1. The number of carbonyl (C=O) groups is 1. The highest BCUT2D eigenvalue weighted by Gasteiger charge is 2.33. The summed E-state index contributed by atoms with van der Waals surface area (Å²) in [6.45, 7) is 7.08. The molecule has 1 aliphatic rings. The molecule has 7 nitrogen and oxygen atoms in total. The molecule has 0 radical (unpaired) electrons. The first-order chi connectivity index (χ1) is 12.2. The van der Waals surface area contributed by atoms with Gasteiger partial charge in [0.15, 0.2) is 11.5 Å². The maximum Gasteiger partial charge on any atom is 0.318 e. The van der Waals surface area contributed by atoms with Gasteiger partial charge in [-0.1, -0.05) is 19.9 Å². The zero-order valence-electron chi connectivity index (χ0n) is 15.0. The first-order valence-electron chi connectivity index (χ1n) is 9.08. The Morgan fingerprint density at radius 3 is 3.12 bits per heavy atom. The molecular weight excluding hydrogens is 318 g/mol. The molecule has 2 aromatic rings. The van der Waals surface area contributed by atoms with Gasteiger partial charge in [0.2, 0.25) is 0 Å². The molecule has 7 heteroatoms. The Morgan fingerprint density at radius 1 is 1.40 bits per heavy atom. The molecule has 2 amide bonds. The summed E-state index contributed by atoms with van der Waals surface area (Å²) in [7, 11) is 0. The molecule has 1 atom stereocenters. The highest BCUT2D eigenvalue weighted by Crippen LogP contribution is 2.30. The molecule has 3 heterocycles. The van der Waals surface area contributed by atoms with E-state index in [4.69, 9.17) is 4.74 Å². The van der Waals surface area contributed by atoms with Gasteiger partial charge in [0.05, 0.1) is 6.04 Å². The van der Waals surface area contributed by atoms with Gasteiger partial charge in [-0.15, -0.1) is 10.2 Å². The Hall–Kier alpha value is -2.15. The zero-order chi connectivity index (χ0) is 17.6. The summed E-state index contributed by atoms with van der Waals surface area (Å²) in [5, 5.41) is 11.5. The molecular formula is C18H27N5O2. The lowest BCUT2D eigenvalue weighted by molar-refractivity contribution is 0.107. The van der Waals surface area contributed by atoms with Crippen LogP contribution in [0, 0.1) is 5.92 Å². The lowest BCUT2D eigenvalue weighted by Crippen LogP contribution is -2.40. The van der Waals surface area contributed by atoms with Crippen LogP contribution in [0.2, 0.25) is 0 Å². The zero-order valence-corrected chi connectivity index (χ0v) is 15.0. The van der Waals surface area contributed by atoms with E-state index in [0.717, 1.165) is 43.9 Å². The van der Waals surface area contributed by atoms with Crippen LogP contribution >= 0.6 is 0 Å². The van der Waals surface area contributed by atoms with E-state index in [-0.39, 0.29) is 12.1 Å². The number of ether oxygens (including phenoxy) is 1. The van der Waals surface area contributed by atoms with E-state index in [1.807, 2.05) is 33.7 Å². The van der Waals surface area contributed by atoms with Gasteiger partial charge in [-0.2, -0.15) is 0 Å². The van der Waals surface area contributed by atoms with Crippen LogP contribution in [0.5, 0.6) is 0 Å². The lowest BCUT2D eigenvalue weighted by Gasteiger charge is -2.23. The molecule has 1 saturated heterocycles. The summed E-state index contributed by atoms with van der Waals surface area (Å²) in [5.41, 5.74) is 0.812. The maximum atomic E-state index is 12.5. The molecule has 2 aromatic heterocycles. The topological polar surface area (TPSA) is 71.8 Å². The summed E-state index contributed by atoms with van der Waals surface area (Å²) < 4.78 is 7.51. The van der Waals surface area contributed by atoms with Crippen LogP contribution < -0.4 is 5.32 Å². The third-order valence-electron chi connectivity index (χ3n) is 4.34. The van der Waals surface area contributed by atoms with E-state index in [1.54, 1.807) is 0 Å². The summed E-state index contributed by atoms with van der Waals surface area (Å²) in [6.07, 6.45) is 4.67. The number of rotatable bonds is 7. The average Bonchev–Trinajstić information content (AvgIpc) is 3.23. The predicted molar refractivity (Wildman–Crippen MR) is 95.3 cm³/mol. The minimum atomic E-state index is -0.0287. The molecule has 0 bridgehead atoms. The fraction of sp³-hybridized carbons (Fsp3) is 0.611. The van der Waals surface area contributed by atoms with E-state index in [0.29, 0.717) is 19.1 Å². The first kappa shape index (κ1) is 17.7. The Morgan fingerprint density at radius 2 is 2.28 bits per heavy atom. The van der Waals surface area contributed by atoms with Gasteiger partial charge in [-0.3, -0.25) is 4.40 Å². The number of pyridine rings is 1. The molecule has 1 aliphatic heterocycles. The Balaban J connectivity index is 1.54. The van der Waals surface area contributed by atoms with Crippen molar-refractivity contribution in [1.82, 2.24) is 24.8 Å². The number of hydrogen-bond donors (Lipinski definition) is 1. The first-order valence-corrected chi connectivity index (χ1v) is 9.08. The number of aromatic nitrogens is 3. The van der Waals surface area contributed by atoms with E-state index >= 15 is 0 Å². The van der Waals surface area contributed by atoms with Crippen LogP contribution in [0.15, 0.2) is 24.4 Å². The minimum absolute atomic E-state index is 0.0189. The third kappa shape index (κ3) is 4.28. The van der Waals surface area contributed by atoms with Crippen LogP contribution in [-0.4, -0.2) is 51.8 Å². The van der Waals surface area contributed by atoms with Gasteiger partial charge in [-0.25, -0.2) is 4.79 Å². The monoisotopic (exact) mass is 345 g/mol. The van der Waals surface area contributed by atoms with Crippen LogP contribution in [0.3, 0.4) is 0 Å². The number of nitrogens with zero attached hydrogens (tertiary/aromatic N) is 4. The molecule has 0 unspecified atom stereocenters. The van der Waals surface area contributed by atoms with Crippen molar-refractivity contribution in [2.24, 2.45) is 5.92 Å². The van der Waals surface area contributed by atoms with Crippen molar-refractivity contribution in [1.29, 1.82) is 0 Å². The number of carbonyl (C=O) groups excluding carboxylic acids is 1. The third-order valence-corrected chi connectivity index (χ3v) is 4.34. The van der Waals surface area contributed by atoms with Crippen LogP contribution in [0.1, 0.15) is 45.0 Å². The Kier molecular flexibility index (Phi) is 5.86. The molecule has 0 aromatic carbocycles. The van der Waals surface area contributed by atoms with Crippen molar-refractivity contribution in [2.45, 2.75) is 39.2 Å². The van der Waals surface area contributed by atoms with Crippen molar-refractivity contribution in [2.75, 3.05) is 26.3 Å². The van der Waals surface area contributed by atoms with Crippen molar-refractivity contribution < 1.29 is 9.53 Å². The minimum Gasteiger partial charge on any atom is -0.381 e. The highest BCUT2D eigenvalue weighted by molar-refractivity contribution is 5.75. The maximum absolute atomic E-state index is 12.5. The molecule has 0 aliphatic carbocycles. The molecule has 0 saturated carbocycles. The van der Waals surface area contributed by atoms with Gasteiger partial charge in [0.25, 0.3) is 0 Å². The fourth-order valence-corrected chi connectivity index (χ4v) is 3.16. The van der Waals surface area contributed by atoms with Gasteiger partial charge in [0.1, 0.15) is 0 Å². The SMILES string of the molecule is CC(C)COCCCNC(=O)N1CCC[C@@H]1c1nnc2ccccn12. The Bertz CT molecular complexity index is 700. The molecule has 1 N–H and O–H groups in total. The summed E-state index contributed by atoms with van der Waals surface area (Å²) >= 11 is 0. The number of amides is 2. The van der Waals surface area contributed by atoms with E-state index in [9.17, 15) is 4.79 Å². The molecule has 25 heavy (non-hydrogen) atoms.